The monoisotopic (exact) mass is 492 g/mol. The van der Waals surface area contributed by atoms with Gasteiger partial charge >= 0.3 is 29.6 Å². The molecule has 3 rings (SSSR count). The first-order valence-electron chi connectivity index (χ1n) is 11.0. The van der Waals surface area contributed by atoms with Crippen molar-refractivity contribution in [2.75, 3.05) is 0 Å². The Bertz CT molecular complexity index is 1190. The molecule has 3 aromatic rings. The third-order valence-electron chi connectivity index (χ3n) is 5.39. The molecule has 35 heavy (non-hydrogen) atoms. The number of imidazole rings is 1. The van der Waals surface area contributed by atoms with Crippen LogP contribution < -0.4 is 34.7 Å². The van der Waals surface area contributed by atoms with Crippen LogP contribution in [0.3, 0.4) is 0 Å². The van der Waals surface area contributed by atoms with Crippen LogP contribution in [0.25, 0.3) is 28.7 Å². The van der Waals surface area contributed by atoms with E-state index in [1.54, 1.807) is 35.9 Å². The van der Waals surface area contributed by atoms with Crippen molar-refractivity contribution >= 4 is 12.2 Å². The number of carboxylic acids is 1. The van der Waals surface area contributed by atoms with E-state index in [9.17, 15) is 28.9 Å². The zero-order chi connectivity index (χ0) is 25.0. The molecule has 0 spiro atoms. The van der Waals surface area contributed by atoms with Gasteiger partial charge < -0.3 is 24.7 Å². The van der Waals surface area contributed by atoms with Crippen molar-refractivity contribution in [3.05, 3.63) is 71.6 Å². The summed E-state index contributed by atoms with van der Waals surface area (Å²) in [7, 11) is 0. The number of aliphatic hydroxyl groups excluding tert-OH is 2. The molecule has 1 heterocycles. The van der Waals surface area contributed by atoms with Gasteiger partial charge in [0.05, 0.1) is 23.6 Å². The van der Waals surface area contributed by atoms with Crippen molar-refractivity contribution in [3.8, 4) is 22.5 Å². The smallest absolute Gasteiger partial charge is 0.550 e. The molecule has 6 nitrogen and oxygen atoms in total. The number of rotatable bonds is 9. The summed E-state index contributed by atoms with van der Waals surface area (Å²) >= 11 is 0. The molecule has 180 valence electrons. The van der Waals surface area contributed by atoms with Crippen LogP contribution in [-0.4, -0.2) is 37.9 Å². The number of carbonyl (C=O) groups excluding carboxylic acids is 1. The summed E-state index contributed by atoms with van der Waals surface area (Å²) in [6.45, 7) is 5.67. The van der Waals surface area contributed by atoms with Crippen molar-refractivity contribution in [1.82, 2.24) is 9.55 Å². The zero-order valence-corrected chi connectivity index (χ0v) is 22.2. The first-order valence-corrected chi connectivity index (χ1v) is 11.0. The maximum Gasteiger partial charge on any atom is 1.00 e. The molecule has 2 N–H and O–H groups in total. The minimum absolute atomic E-state index is 0. The van der Waals surface area contributed by atoms with E-state index in [4.69, 9.17) is 4.98 Å². The summed E-state index contributed by atoms with van der Waals surface area (Å²) in [6.07, 6.45) is -0.125. The van der Waals surface area contributed by atoms with Crippen molar-refractivity contribution in [2.45, 2.75) is 51.7 Å². The van der Waals surface area contributed by atoms with Gasteiger partial charge in [0.2, 0.25) is 0 Å². The standard InChI is InChI=1S/C26H28F2N2O4.Na/c1-15(2)26-29-24(17-4-6-18(27)7-5-17)25(22-9-8-19(28)12-16(22)3)30(26)11-10-20(31)13-21(32)14-23(33)34;/h4-12,15,20-21,31-32H,13-14H2,1-3H3,(H,33,34);/q;+1/p-1/b11-10+;. The molecule has 0 aliphatic heterocycles. The Kier molecular flexibility index (Phi) is 10.4. The minimum Gasteiger partial charge on any atom is -0.550 e. The van der Waals surface area contributed by atoms with Crippen molar-refractivity contribution in [3.63, 3.8) is 0 Å². The predicted octanol–water partition coefficient (Wildman–Crippen LogP) is 0.654. The molecule has 0 saturated heterocycles. The Hall–Kier alpha value is -2.36. The Morgan fingerprint density at radius 1 is 1.11 bits per heavy atom. The third kappa shape index (κ3) is 7.32. The number of aromatic nitrogens is 2. The van der Waals surface area contributed by atoms with E-state index in [0.29, 0.717) is 33.9 Å². The Labute approximate surface area is 225 Å². The number of nitrogens with zero attached hydrogens (tertiary/aromatic N) is 2. The van der Waals surface area contributed by atoms with E-state index in [1.807, 2.05) is 13.8 Å². The molecule has 0 saturated carbocycles. The molecule has 0 radical (unpaired) electrons. The molecule has 0 aliphatic rings. The third-order valence-corrected chi connectivity index (χ3v) is 5.39. The number of aliphatic hydroxyl groups is 2. The first-order chi connectivity index (χ1) is 16.1. The summed E-state index contributed by atoms with van der Waals surface area (Å²) in [6, 6.07) is 10.3. The summed E-state index contributed by atoms with van der Waals surface area (Å²) < 4.78 is 29.2. The fourth-order valence-corrected chi connectivity index (χ4v) is 3.79. The van der Waals surface area contributed by atoms with Gasteiger partial charge in [-0.25, -0.2) is 13.8 Å². The van der Waals surface area contributed by atoms with Crippen LogP contribution in [0.1, 0.15) is 44.0 Å². The topological polar surface area (TPSA) is 98.4 Å². The van der Waals surface area contributed by atoms with Gasteiger partial charge in [0.15, 0.2) is 0 Å². The van der Waals surface area contributed by atoms with E-state index in [-0.39, 0.29) is 53.5 Å². The van der Waals surface area contributed by atoms with Gasteiger partial charge in [-0.1, -0.05) is 13.8 Å². The molecule has 0 fully saturated rings. The van der Waals surface area contributed by atoms with E-state index in [1.165, 1.54) is 30.3 Å². The quantitative estimate of drug-likeness (QED) is 0.428. The number of benzene rings is 2. The molecule has 1 aromatic heterocycles. The summed E-state index contributed by atoms with van der Waals surface area (Å²) in [4.78, 5) is 15.5. The van der Waals surface area contributed by atoms with Crippen molar-refractivity contribution in [1.29, 1.82) is 0 Å². The maximum atomic E-state index is 13.8. The van der Waals surface area contributed by atoms with Crippen LogP contribution in [0.4, 0.5) is 8.78 Å². The molecule has 0 bridgehead atoms. The Morgan fingerprint density at radius 2 is 1.74 bits per heavy atom. The van der Waals surface area contributed by atoms with Crippen LogP contribution in [0.5, 0.6) is 0 Å². The summed E-state index contributed by atoms with van der Waals surface area (Å²) in [5, 5.41) is 30.8. The van der Waals surface area contributed by atoms with Gasteiger partial charge in [0, 0.05) is 42.1 Å². The average Bonchev–Trinajstić information content (AvgIpc) is 3.11. The molecule has 2 atom stereocenters. The Balaban J connectivity index is 0.00000432. The number of hydrogen-bond donors (Lipinski definition) is 2. The SMILES string of the molecule is Cc1cc(F)ccc1-c1c(-c2ccc(F)cc2)nc(C(C)C)n1/C=C/C(O)CC(O)CC(=O)[O-].[Na+]. The fourth-order valence-electron chi connectivity index (χ4n) is 3.79. The fraction of sp³-hybridized carbons (Fsp3) is 0.308. The average molecular weight is 492 g/mol. The minimum atomic E-state index is -1.40. The maximum absolute atomic E-state index is 13.8. The van der Waals surface area contributed by atoms with Gasteiger partial charge in [-0.3, -0.25) is 0 Å². The molecule has 0 amide bonds. The Morgan fingerprint density at radius 3 is 2.31 bits per heavy atom. The molecular weight excluding hydrogens is 465 g/mol. The largest absolute Gasteiger partial charge is 1.00 e. The number of carboxylic acid groups (broad SMARTS) is 1. The molecular formula is C26H27F2N2NaO4. The summed E-state index contributed by atoms with van der Waals surface area (Å²) in [5.74, 6) is -1.56. The van der Waals surface area contributed by atoms with Crippen LogP contribution in [0.2, 0.25) is 0 Å². The normalized spacial score (nSPS) is 13.1. The number of carbonyl (C=O) groups is 1. The van der Waals surface area contributed by atoms with Gasteiger partial charge in [-0.15, -0.1) is 0 Å². The second kappa shape index (κ2) is 12.6. The van der Waals surface area contributed by atoms with E-state index >= 15 is 0 Å². The van der Waals surface area contributed by atoms with E-state index < -0.39 is 24.6 Å². The molecule has 0 aliphatic carbocycles. The van der Waals surface area contributed by atoms with Crippen LogP contribution >= 0.6 is 0 Å². The molecule has 2 aromatic carbocycles. The van der Waals surface area contributed by atoms with E-state index in [2.05, 4.69) is 0 Å². The van der Waals surface area contributed by atoms with Crippen LogP contribution in [0.15, 0.2) is 48.5 Å². The van der Waals surface area contributed by atoms with Crippen molar-refractivity contribution in [2.24, 2.45) is 0 Å². The van der Waals surface area contributed by atoms with Gasteiger partial charge in [0.25, 0.3) is 0 Å². The first kappa shape index (κ1) is 28.9. The van der Waals surface area contributed by atoms with E-state index in [0.717, 1.165) is 0 Å². The van der Waals surface area contributed by atoms with Gasteiger partial charge in [0.1, 0.15) is 17.5 Å². The molecule has 9 heteroatoms. The molecule has 2 unspecified atom stereocenters. The van der Waals surface area contributed by atoms with Crippen LogP contribution in [-0.2, 0) is 4.79 Å². The number of aliphatic carboxylic acids is 1. The number of hydrogen-bond acceptors (Lipinski definition) is 5. The second-order valence-electron chi connectivity index (χ2n) is 8.53. The van der Waals surface area contributed by atoms with Crippen LogP contribution in [0, 0.1) is 18.6 Å². The predicted molar refractivity (Wildman–Crippen MR) is 123 cm³/mol. The zero-order valence-electron chi connectivity index (χ0n) is 20.2. The van der Waals surface area contributed by atoms with Gasteiger partial charge in [-0.05, 0) is 61.0 Å². The number of aryl methyl sites for hydroxylation is 1. The summed E-state index contributed by atoms with van der Waals surface area (Å²) in [5.41, 5.74) is 3.23. The number of halogens is 2. The van der Waals surface area contributed by atoms with Crippen molar-refractivity contribution < 1.29 is 58.5 Å². The van der Waals surface area contributed by atoms with Gasteiger partial charge in [-0.2, -0.15) is 0 Å². The second-order valence-corrected chi connectivity index (χ2v) is 8.53.